The average Bonchev–Trinajstić information content (AvgIpc) is 2.29. The highest BCUT2D eigenvalue weighted by atomic mass is 32.2. The van der Waals surface area contributed by atoms with Gasteiger partial charge in [0.1, 0.15) is 5.84 Å². The Labute approximate surface area is 99.9 Å². The fraction of sp³-hybridized carbons (Fsp3) is 0.455. The van der Waals surface area contributed by atoms with Gasteiger partial charge < -0.3 is 10.9 Å². The van der Waals surface area contributed by atoms with Crippen molar-refractivity contribution in [3.8, 4) is 0 Å². The zero-order chi connectivity index (χ0) is 12.0. The lowest BCUT2D eigenvalue weighted by Crippen LogP contribution is -2.32. The molecule has 1 aromatic rings. The van der Waals surface area contributed by atoms with Crippen molar-refractivity contribution in [2.75, 3.05) is 5.75 Å². The molecule has 0 saturated carbocycles. The van der Waals surface area contributed by atoms with E-state index in [0.717, 1.165) is 12.2 Å². The van der Waals surface area contributed by atoms with Crippen LogP contribution in [0.15, 0.2) is 34.6 Å². The summed E-state index contributed by atoms with van der Waals surface area (Å²) in [5, 5.41) is 11.7. The molecule has 1 rings (SSSR count). The largest absolute Gasteiger partial charge is 0.409 e. The first-order valence-electron chi connectivity index (χ1n) is 5.07. The summed E-state index contributed by atoms with van der Waals surface area (Å²) in [7, 11) is 0. The number of nitrogens with two attached hydrogens (primary N) is 1. The summed E-state index contributed by atoms with van der Waals surface area (Å²) in [6.45, 7) is 3.93. The summed E-state index contributed by atoms with van der Waals surface area (Å²) in [5.74, 6) is 1.20. The number of pyridine rings is 1. The van der Waals surface area contributed by atoms with Gasteiger partial charge in [-0.3, -0.25) is 4.98 Å². The second-order valence-electron chi connectivity index (χ2n) is 4.15. The first-order valence-corrected chi connectivity index (χ1v) is 6.05. The van der Waals surface area contributed by atoms with Crippen molar-refractivity contribution >= 4 is 17.6 Å². The Morgan fingerprint density at radius 3 is 2.69 bits per heavy atom. The second kappa shape index (κ2) is 5.75. The lowest BCUT2D eigenvalue weighted by atomic mass is 9.89. The van der Waals surface area contributed by atoms with Crippen LogP contribution in [-0.2, 0) is 0 Å². The minimum absolute atomic E-state index is 0.269. The normalized spacial score (nSPS) is 12.8. The Kier molecular flexibility index (Phi) is 4.61. The molecule has 0 aliphatic carbocycles. The van der Waals surface area contributed by atoms with Gasteiger partial charge in [0.15, 0.2) is 0 Å². The van der Waals surface area contributed by atoms with E-state index in [1.54, 1.807) is 24.2 Å². The zero-order valence-corrected chi connectivity index (χ0v) is 10.4. The Morgan fingerprint density at radius 2 is 2.12 bits per heavy atom. The molecule has 88 valence electrons. The van der Waals surface area contributed by atoms with Gasteiger partial charge >= 0.3 is 0 Å². The number of thioether (sulfide) groups is 1. The van der Waals surface area contributed by atoms with Gasteiger partial charge in [-0.15, -0.1) is 11.8 Å². The van der Waals surface area contributed by atoms with E-state index < -0.39 is 0 Å². The predicted molar refractivity (Wildman–Crippen MR) is 66.8 cm³/mol. The molecule has 5 heteroatoms. The Morgan fingerprint density at radius 1 is 1.50 bits per heavy atom. The third-order valence-corrected chi connectivity index (χ3v) is 3.46. The number of hydrogen-bond acceptors (Lipinski definition) is 4. The fourth-order valence-electron chi connectivity index (χ4n) is 1.12. The van der Waals surface area contributed by atoms with Crippen LogP contribution in [0, 0.1) is 5.41 Å². The Bertz CT molecular complexity index is 352. The molecule has 16 heavy (non-hydrogen) atoms. The summed E-state index contributed by atoms with van der Waals surface area (Å²) < 4.78 is 0. The van der Waals surface area contributed by atoms with Gasteiger partial charge in [0, 0.05) is 22.7 Å². The summed E-state index contributed by atoms with van der Waals surface area (Å²) in [5.41, 5.74) is 5.34. The van der Waals surface area contributed by atoms with Crippen molar-refractivity contribution in [3.63, 3.8) is 0 Å². The first kappa shape index (κ1) is 12.8. The predicted octanol–water partition coefficient (Wildman–Crippen LogP) is 2.34. The van der Waals surface area contributed by atoms with E-state index in [0.29, 0.717) is 0 Å². The molecule has 0 fully saturated rings. The Hall–Kier alpha value is -1.23. The van der Waals surface area contributed by atoms with Gasteiger partial charge in [-0.2, -0.15) is 0 Å². The van der Waals surface area contributed by atoms with E-state index in [-0.39, 0.29) is 11.3 Å². The molecule has 4 nitrogen and oxygen atoms in total. The van der Waals surface area contributed by atoms with Crippen LogP contribution < -0.4 is 5.73 Å². The molecule has 0 amide bonds. The molecule has 0 atom stereocenters. The number of oxime groups is 1. The van der Waals surface area contributed by atoms with E-state index in [2.05, 4.69) is 10.1 Å². The third kappa shape index (κ3) is 3.73. The molecule has 0 bridgehead atoms. The zero-order valence-electron chi connectivity index (χ0n) is 9.55. The molecular weight excluding hydrogens is 222 g/mol. The van der Waals surface area contributed by atoms with Gasteiger partial charge in [-0.25, -0.2) is 0 Å². The highest BCUT2D eigenvalue weighted by molar-refractivity contribution is 7.99. The molecule has 0 unspecified atom stereocenters. The lowest BCUT2D eigenvalue weighted by Gasteiger charge is -2.22. The smallest absolute Gasteiger partial charge is 0.144 e. The van der Waals surface area contributed by atoms with Crippen molar-refractivity contribution in [3.05, 3.63) is 24.5 Å². The minimum atomic E-state index is -0.269. The highest BCUT2D eigenvalue weighted by Gasteiger charge is 2.22. The molecule has 1 aromatic heterocycles. The molecule has 0 spiro atoms. The van der Waals surface area contributed by atoms with Crippen molar-refractivity contribution in [2.24, 2.45) is 16.3 Å². The number of hydrogen-bond donors (Lipinski definition) is 2. The summed E-state index contributed by atoms with van der Waals surface area (Å²) in [6.07, 6.45) is 4.41. The minimum Gasteiger partial charge on any atom is -0.409 e. The molecule has 3 N–H and O–H groups in total. The number of rotatable bonds is 5. The lowest BCUT2D eigenvalue weighted by molar-refractivity contribution is 0.307. The van der Waals surface area contributed by atoms with Gasteiger partial charge in [0.2, 0.25) is 0 Å². The van der Waals surface area contributed by atoms with Crippen molar-refractivity contribution in [1.29, 1.82) is 0 Å². The number of aromatic nitrogens is 1. The van der Waals surface area contributed by atoms with E-state index in [1.165, 1.54) is 4.90 Å². The van der Waals surface area contributed by atoms with Crippen LogP contribution in [0.25, 0.3) is 0 Å². The van der Waals surface area contributed by atoms with E-state index >= 15 is 0 Å². The highest BCUT2D eigenvalue weighted by Crippen LogP contribution is 2.26. The molecule has 0 aromatic carbocycles. The first-order chi connectivity index (χ1) is 7.56. The topological polar surface area (TPSA) is 71.5 Å². The van der Waals surface area contributed by atoms with Crippen LogP contribution >= 0.6 is 11.8 Å². The van der Waals surface area contributed by atoms with Crippen LogP contribution in [0.3, 0.4) is 0 Å². The molecule has 0 aliphatic rings. The van der Waals surface area contributed by atoms with Crippen molar-refractivity contribution in [1.82, 2.24) is 4.98 Å². The molecular formula is C11H17N3OS. The second-order valence-corrected chi connectivity index (χ2v) is 5.32. The maximum Gasteiger partial charge on any atom is 0.144 e. The van der Waals surface area contributed by atoms with E-state index in [4.69, 9.17) is 10.9 Å². The fourth-order valence-corrected chi connectivity index (χ4v) is 2.28. The Balaban J connectivity index is 2.42. The summed E-state index contributed by atoms with van der Waals surface area (Å²) in [4.78, 5) is 5.14. The molecule has 1 heterocycles. The molecule has 0 aliphatic heterocycles. The number of amidine groups is 1. The van der Waals surface area contributed by atoms with Crippen LogP contribution in [0.1, 0.15) is 20.3 Å². The van der Waals surface area contributed by atoms with Crippen LogP contribution in [0.2, 0.25) is 0 Å². The number of nitrogens with zero attached hydrogens (tertiary/aromatic N) is 2. The SMILES string of the molecule is CC(C)(CCSc1ccncc1)C(N)=NO. The van der Waals surface area contributed by atoms with Gasteiger partial charge in [0.25, 0.3) is 0 Å². The molecule has 0 saturated heterocycles. The van der Waals surface area contributed by atoms with Gasteiger partial charge in [-0.05, 0) is 24.3 Å². The summed E-state index contributed by atoms with van der Waals surface area (Å²) in [6, 6.07) is 3.95. The van der Waals surface area contributed by atoms with Crippen LogP contribution in [0.4, 0.5) is 0 Å². The average molecular weight is 239 g/mol. The maximum atomic E-state index is 8.63. The quantitative estimate of drug-likeness (QED) is 0.272. The van der Waals surface area contributed by atoms with Gasteiger partial charge in [0.05, 0.1) is 0 Å². The maximum absolute atomic E-state index is 8.63. The molecule has 0 radical (unpaired) electrons. The van der Waals surface area contributed by atoms with Crippen LogP contribution in [-0.4, -0.2) is 21.8 Å². The summed E-state index contributed by atoms with van der Waals surface area (Å²) >= 11 is 1.74. The van der Waals surface area contributed by atoms with Gasteiger partial charge in [-0.1, -0.05) is 19.0 Å². The third-order valence-electron chi connectivity index (χ3n) is 2.45. The monoisotopic (exact) mass is 239 g/mol. The van der Waals surface area contributed by atoms with Crippen molar-refractivity contribution in [2.45, 2.75) is 25.2 Å². The van der Waals surface area contributed by atoms with E-state index in [9.17, 15) is 0 Å². The van der Waals surface area contributed by atoms with E-state index in [1.807, 2.05) is 26.0 Å². The van der Waals surface area contributed by atoms with Crippen LogP contribution in [0.5, 0.6) is 0 Å². The standard InChI is InChI=1S/C11H17N3OS/c1-11(2,10(12)14-15)5-8-16-9-3-6-13-7-4-9/h3-4,6-7,15H,5,8H2,1-2H3,(H2,12,14). The van der Waals surface area contributed by atoms with Crippen molar-refractivity contribution < 1.29 is 5.21 Å².